The molecule has 1 aliphatic rings. The average Bonchev–Trinajstić information content (AvgIpc) is 2.56. The van der Waals surface area contributed by atoms with Crippen molar-refractivity contribution in [1.29, 1.82) is 0 Å². The minimum Gasteiger partial charge on any atom is -0.495 e. The summed E-state index contributed by atoms with van der Waals surface area (Å²) in [5.41, 5.74) is 6.80. The monoisotopic (exact) mass is 432 g/mol. The maximum atomic E-state index is 5.96. The van der Waals surface area contributed by atoms with Crippen LogP contribution >= 0.6 is 24.0 Å². The van der Waals surface area contributed by atoms with E-state index in [1.165, 1.54) is 32.1 Å². The van der Waals surface area contributed by atoms with E-state index in [1.54, 1.807) is 7.11 Å². The van der Waals surface area contributed by atoms with E-state index in [9.17, 15) is 0 Å². The number of methoxy groups -OCH3 is 1. The van der Waals surface area contributed by atoms with Gasteiger partial charge in [0.25, 0.3) is 0 Å². The third kappa shape index (κ3) is 6.55. The fraction of sp³-hybridized carbons (Fsp3) is 0.588. The van der Waals surface area contributed by atoms with E-state index in [2.05, 4.69) is 22.3 Å². The Morgan fingerprint density at radius 3 is 2.70 bits per heavy atom. The highest BCUT2D eigenvalue weighted by Gasteiger charge is 2.17. The van der Waals surface area contributed by atoms with Crippen molar-refractivity contribution in [3.8, 4) is 5.75 Å². The largest absolute Gasteiger partial charge is 0.495 e. The summed E-state index contributed by atoms with van der Waals surface area (Å²) < 4.78 is 5.29. The summed E-state index contributed by atoms with van der Waals surface area (Å²) in [7, 11) is 3.84. The Balaban J connectivity index is 0.00000264. The first-order valence-electron chi connectivity index (χ1n) is 8.11. The molecular weight excluding hydrogens is 403 g/mol. The van der Waals surface area contributed by atoms with Crippen LogP contribution in [0.3, 0.4) is 0 Å². The Bertz CT molecular complexity index is 489. The quantitative estimate of drug-likeness (QED) is 0.412. The van der Waals surface area contributed by atoms with Crippen LogP contribution in [0.4, 0.5) is 5.69 Å². The molecule has 0 amide bonds. The van der Waals surface area contributed by atoms with Crippen molar-refractivity contribution in [3.05, 3.63) is 24.3 Å². The molecule has 1 aromatic carbocycles. The summed E-state index contributed by atoms with van der Waals surface area (Å²) in [5, 5.41) is 3.10. The normalized spacial score (nSPS) is 16.0. The summed E-state index contributed by atoms with van der Waals surface area (Å²) in [4.78, 5) is 6.83. The molecule has 2 rings (SSSR count). The number of benzene rings is 1. The van der Waals surface area contributed by atoms with Gasteiger partial charge in [0.2, 0.25) is 0 Å². The molecule has 0 bridgehead atoms. The number of nitrogens with two attached hydrogens (primary N) is 1. The molecule has 1 fully saturated rings. The van der Waals surface area contributed by atoms with E-state index in [1.807, 2.05) is 24.3 Å². The Morgan fingerprint density at radius 2 is 2.00 bits per heavy atom. The van der Waals surface area contributed by atoms with E-state index in [0.29, 0.717) is 18.5 Å². The minimum absolute atomic E-state index is 0. The van der Waals surface area contributed by atoms with Gasteiger partial charge in [-0.3, -0.25) is 4.99 Å². The lowest BCUT2D eigenvalue weighted by atomic mass is 9.94. The highest BCUT2D eigenvalue weighted by Crippen LogP contribution is 2.23. The molecule has 23 heavy (non-hydrogen) atoms. The van der Waals surface area contributed by atoms with E-state index >= 15 is 0 Å². The number of anilines is 1. The number of para-hydroxylation sites is 2. The summed E-state index contributed by atoms with van der Waals surface area (Å²) in [6.07, 6.45) is 6.73. The molecule has 0 aromatic heterocycles. The van der Waals surface area contributed by atoms with Gasteiger partial charge >= 0.3 is 0 Å². The smallest absolute Gasteiger partial charge is 0.193 e. The first-order valence-corrected chi connectivity index (χ1v) is 8.11. The van der Waals surface area contributed by atoms with Gasteiger partial charge in [-0.1, -0.05) is 31.4 Å². The average molecular weight is 432 g/mol. The number of nitrogens with one attached hydrogen (secondary N) is 1. The zero-order valence-corrected chi connectivity index (χ0v) is 16.5. The second kappa shape index (κ2) is 10.7. The summed E-state index contributed by atoms with van der Waals surface area (Å²) >= 11 is 0. The zero-order chi connectivity index (χ0) is 15.8. The van der Waals surface area contributed by atoms with Gasteiger partial charge in [0.1, 0.15) is 5.75 Å². The number of ether oxygens (including phenoxy) is 1. The standard InChI is InChI=1S/C17H28N4O.HI/c1-21(14-8-4-3-5-9-14)13-12-19-17(18)20-15-10-6-7-11-16(15)22-2;/h6-7,10-11,14H,3-5,8-9,12-13H2,1-2H3,(H3,18,19,20);1H. The second-order valence-electron chi connectivity index (χ2n) is 5.86. The Labute approximate surface area is 156 Å². The number of rotatable bonds is 6. The van der Waals surface area contributed by atoms with E-state index in [4.69, 9.17) is 10.5 Å². The van der Waals surface area contributed by atoms with Crippen molar-refractivity contribution >= 4 is 35.6 Å². The number of likely N-dealkylation sites (N-methyl/N-ethyl adjacent to an activating group) is 1. The summed E-state index contributed by atoms with van der Waals surface area (Å²) in [6, 6.07) is 8.40. The van der Waals surface area contributed by atoms with Gasteiger partial charge in [-0.15, -0.1) is 24.0 Å². The fourth-order valence-electron chi connectivity index (χ4n) is 2.96. The summed E-state index contributed by atoms with van der Waals surface area (Å²) in [5.74, 6) is 1.20. The Kier molecular flexibility index (Phi) is 9.31. The van der Waals surface area contributed by atoms with Gasteiger partial charge in [-0.05, 0) is 32.0 Å². The van der Waals surface area contributed by atoms with Gasteiger partial charge in [-0.2, -0.15) is 0 Å². The first-order chi connectivity index (χ1) is 10.7. The predicted octanol–water partition coefficient (Wildman–Crippen LogP) is 3.30. The molecule has 1 aromatic rings. The lowest BCUT2D eigenvalue weighted by Crippen LogP contribution is -2.35. The number of hydrogen-bond acceptors (Lipinski definition) is 3. The van der Waals surface area contributed by atoms with Gasteiger partial charge < -0.3 is 20.7 Å². The van der Waals surface area contributed by atoms with Crippen LogP contribution in [0.1, 0.15) is 32.1 Å². The van der Waals surface area contributed by atoms with Crippen molar-refractivity contribution < 1.29 is 4.74 Å². The SMILES string of the molecule is COc1ccccc1NC(N)=NCCN(C)C1CCCCC1.I. The lowest BCUT2D eigenvalue weighted by Gasteiger charge is -2.30. The molecular formula is C17H29IN4O. The number of guanidine groups is 1. The number of hydrogen-bond donors (Lipinski definition) is 2. The van der Waals surface area contributed by atoms with Crippen molar-refractivity contribution in [2.45, 2.75) is 38.1 Å². The minimum atomic E-state index is 0. The fourth-order valence-corrected chi connectivity index (χ4v) is 2.96. The third-order valence-electron chi connectivity index (χ3n) is 4.30. The van der Waals surface area contributed by atoms with Gasteiger partial charge in [0.05, 0.1) is 19.3 Å². The van der Waals surface area contributed by atoms with Crippen LogP contribution in [0, 0.1) is 0 Å². The molecule has 1 saturated carbocycles. The van der Waals surface area contributed by atoms with Crippen LogP contribution in [0.2, 0.25) is 0 Å². The third-order valence-corrected chi connectivity index (χ3v) is 4.30. The topological polar surface area (TPSA) is 62.9 Å². The van der Waals surface area contributed by atoms with Crippen molar-refractivity contribution in [1.82, 2.24) is 4.90 Å². The second-order valence-corrected chi connectivity index (χ2v) is 5.86. The van der Waals surface area contributed by atoms with Crippen LogP contribution in [0.15, 0.2) is 29.3 Å². The molecule has 6 heteroatoms. The van der Waals surface area contributed by atoms with Crippen LogP contribution in [0.25, 0.3) is 0 Å². The predicted molar refractivity (Wildman–Crippen MR) is 108 cm³/mol. The number of nitrogens with zero attached hydrogens (tertiary/aromatic N) is 2. The molecule has 0 aliphatic heterocycles. The van der Waals surface area contributed by atoms with E-state index < -0.39 is 0 Å². The van der Waals surface area contributed by atoms with Crippen LogP contribution < -0.4 is 15.8 Å². The molecule has 0 unspecified atom stereocenters. The lowest BCUT2D eigenvalue weighted by molar-refractivity contribution is 0.196. The first kappa shape index (κ1) is 20.0. The molecule has 1 aliphatic carbocycles. The number of aliphatic imine (C=N–C) groups is 1. The van der Waals surface area contributed by atoms with Gasteiger partial charge in [-0.25, -0.2) is 0 Å². The molecule has 0 saturated heterocycles. The molecule has 0 heterocycles. The molecule has 0 spiro atoms. The maximum absolute atomic E-state index is 5.96. The van der Waals surface area contributed by atoms with E-state index in [0.717, 1.165) is 18.0 Å². The molecule has 5 nitrogen and oxygen atoms in total. The van der Waals surface area contributed by atoms with Crippen molar-refractivity contribution in [3.63, 3.8) is 0 Å². The van der Waals surface area contributed by atoms with Crippen LogP contribution in [-0.2, 0) is 0 Å². The van der Waals surface area contributed by atoms with E-state index in [-0.39, 0.29) is 24.0 Å². The van der Waals surface area contributed by atoms with Crippen LogP contribution in [-0.4, -0.2) is 44.1 Å². The Hall–Kier alpha value is -1.02. The van der Waals surface area contributed by atoms with Gasteiger partial charge in [0, 0.05) is 12.6 Å². The van der Waals surface area contributed by atoms with Gasteiger partial charge in [0.15, 0.2) is 5.96 Å². The number of halogens is 1. The zero-order valence-electron chi connectivity index (χ0n) is 14.1. The Morgan fingerprint density at radius 1 is 1.30 bits per heavy atom. The molecule has 0 radical (unpaired) electrons. The summed E-state index contributed by atoms with van der Waals surface area (Å²) in [6.45, 7) is 1.65. The molecule has 130 valence electrons. The maximum Gasteiger partial charge on any atom is 0.193 e. The van der Waals surface area contributed by atoms with Crippen LogP contribution in [0.5, 0.6) is 5.75 Å². The molecule has 3 N–H and O–H groups in total. The van der Waals surface area contributed by atoms with Crippen molar-refractivity contribution in [2.75, 3.05) is 32.6 Å². The highest BCUT2D eigenvalue weighted by molar-refractivity contribution is 14.0. The molecule has 0 atom stereocenters. The highest BCUT2D eigenvalue weighted by atomic mass is 127. The van der Waals surface area contributed by atoms with Crippen molar-refractivity contribution in [2.24, 2.45) is 10.7 Å².